The molecule has 1 aromatic carbocycles. The van der Waals surface area contributed by atoms with Crippen LogP contribution in [-0.2, 0) is 4.79 Å². The Hall–Kier alpha value is -3.42. The number of piperidine rings is 1. The van der Waals surface area contributed by atoms with Gasteiger partial charge < -0.3 is 19.7 Å². The lowest BCUT2D eigenvalue weighted by Crippen LogP contribution is -2.40. The molecule has 1 atom stereocenters. The first kappa shape index (κ1) is 19.5. The number of rotatable bonds is 3. The lowest BCUT2D eigenvalue weighted by atomic mass is 9.96. The van der Waals surface area contributed by atoms with Gasteiger partial charge in [0, 0.05) is 24.8 Å². The van der Waals surface area contributed by atoms with E-state index in [0.29, 0.717) is 36.9 Å². The van der Waals surface area contributed by atoms with E-state index in [1.165, 1.54) is 0 Å². The van der Waals surface area contributed by atoms with Crippen molar-refractivity contribution in [3.05, 3.63) is 41.9 Å². The molecule has 1 unspecified atom stereocenters. The minimum absolute atomic E-state index is 0.0152. The number of aryl methyl sites for hydroxylation is 2. The van der Waals surface area contributed by atoms with E-state index >= 15 is 0 Å². The average molecular weight is 419 g/mol. The van der Waals surface area contributed by atoms with Crippen molar-refractivity contribution < 1.29 is 14.3 Å². The van der Waals surface area contributed by atoms with E-state index in [2.05, 4.69) is 25.2 Å². The Labute approximate surface area is 180 Å². The first-order valence-electron chi connectivity index (χ1n) is 10.6. The molecule has 0 spiro atoms. The van der Waals surface area contributed by atoms with Crippen LogP contribution in [0.3, 0.4) is 0 Å². The normalized spacial score (nSPS) is 18.1. The zero-order valence-electron chi connectivity index (χ0n) is 17.7. The Bertz CT molecular complexity index is 1150. The van der Waals surface area contributed by atoms with Crippen LogP contribution in [0, 0.1) is 19.8 Å². The molecule has 160 valence electrons. The molecular weight excluding hydrogens is 394 g/mol. The van der Waals surface area contributed by atoms with Crippen molar-refractivity contribution >= 4 is 28.4 Å². The minimum atomic E-state index is -0.108. The third kappa shape index (κ3) is 3.97. The van der Waals surface area contributed by atoms with Crippen LogP contribution < -0.4 is 19.7 Å². The summed E-state index contributed by atoms with van der Waals surface area (Å²) in [4.78, 5) is 28.8. The van der Waals surface area contributed by atoms with Gasteiger partial charge in [-0.05, 0) is 44.9 Å². The van der Waals surface area contributed by atoms with E-state index in [9.17, 15) is 4.79 Å². The van der Waals surface area contributed by atoms with Crippen LogP contribution in [0.2, 0.25) is 0 Å². The number of carbonyl (C=O) groups is 1. The lowest BCUT2D eigenvalue weighted by molar-refractivity contribution is -0.120. The Morgan fingerprint density at radius 2 is 1.90 bits per heavy atom. The highest BCUT2D eigenvalue weighted by Crippen LogP contribution is 2.33. The fourth-order valence-electron chi connectivity index (χ4n) is 4.07. The summed E-state index contributed by atoms with van der Waals surface area (Å²) < 4.78 is 11.2. The smallest absolute Gasteiger partial charge is 0.229 e. The van der Waals surface area contributed by atoms with Gasteiger partial charge in [0.05, 0.1) is 29.2 Å². The van der Waals surface area contributed by atoms with Gasteiger partial charge in [0.2, 0.25) is 5.91 Å². The maximum absolute atomic E-state index is 13.0. The van der Waals surface area contributed by atoms with Crippen LogP contribution in [0.25, 0.3) is 11.2 Å². The van der Waals surface area contributed by atoms with Crippen LogP contribution in [0.15, 0.2) is 30.5 Å². The Morgan fingerprint density at radius 1 is 1.10 bits per heavy atom. The third-order valence-corrected chi connectivity index (χ3v) is 5.89. The number of carbonyl (C=O) groups excluding carboxylic acids is 1. The number of fused-ring (bicyclic) bond motifs is 2. The number of pyridine rings is 1. The summed E-state index contributed by atoms with van der Waals surface area (Å²) in [5, 5.41) is 3.04. The number of nitrogens with zero attached hydrogens (tertiary/aromatic N) is 4. The summed E-state index contributed by atoms with van der Waals surface area (Å²) in [7, 11) is 0. The van der Waals surface area contributed by atoms with Crippen molar-refractivity contribution in [3.8, 4) is 11.5 Å². The molecule has 0 aliphatic carbocycles. The van der Waals surface area contributed by atoms with Crippen LogP contribution in [0.4, 0.5) is 11.4 Å². The topological polar surface area (TPSA) is 89.5 Å². The summed E-state index contributed by atoms with van der Waals surface area (Å²) in [6, 6.07) is 7.52. The monoisotopic (exact) mass is 419 g/mol. The zero-order valence-corrected chi connectivity index (χ0v) is 17.7. The van der Waals surface area contributed by atoms with Crippen LogP contribution >= 0.6 is 0 Å². The van der Waals surface area contributed by atoms with E-state index in [0.717, 1.165) is 47.7 Å². The van der Waals surface area contributed by atoms with Crippen LogP contribution in [-0.4, -0.2) is 47.2 Å². The molecule has 2 aliphatic heterocycles. The fraction of sp³-hybridized carbons (Fsp3) is 0.391. The molecular formula is C23H25N5O3. The van der Waals surface area contributed by atoms with Crippen LogP contribution in [0.5, 0.6) is 11.5 Å². The van der Waals surface area contributed by atoms with E-state index in [4.69, 9.17) is 9.47 Å². The summed E-state index contributed by atoms with van der Waals surface area (Å²) in [6.07, 6.45) is 3.62. The minimum Gasteiger partial charge on any atom is -0.486 e. The second-order valence-electron chi connectivity index (χ2n) is 8.06. The van der Waals surface area contributed by atoms with Crippen molar-refractivity contribution in [3.63, 3.8) is 0 Å². The summed E-state index contributed by atoms with van der Waals surface area (Å²) >= 11 is 0. The number of hydrogen-bond acceptors (Lipinski definition) is 7. The van der Waals surface area contributed by atoms with Crippen molar-refractivity contribution in [1.82, 2.24) is 15.0 Å². The highest BCUT2D eigenvalue weighted by molar-refractivity contribution is 5.93. The fourth-order valence-corrected chi connectivity index (χ4v) is 4.07. The predicted molar refractivity (Wildman–Crippen MR) is 118 cm³/mol. The third-order valence-electron chi connectivity index (χ3n) is 5.89. The van der Waals surface area contributed by atoms with Gasteiger partial charge in [-0.15, -0.1) is 0 Å². The lowest BCUT2D eigenvalue weighted by Gasteiger charge is -2.33. The summed E-state index contributed by atoms with van der Waals surface area (Å²) in [5.41, 5.74) is 4.92. The highest BCUT2D eigenvalue weighted by atomic mass is 16.6. The molecule has 1 amide bonds. The molecule has 5 rings (SSSR count). The Kier molecular flexibility index (Phi) is 5.05. The second kappa shape index (κ2) is 8.02. The molecule has 8 heteroatoms. The van der Waals surface area contributed by atoms with Gasteiger partial charge in [-0.2, -0.15) is 0 Å². The van der Waals surface area contributed by atoms with Gasteiger partial charge in [0.15, 0.2) is 17.1 Å². The molecule has 3 aromatic rings. The second-order valence-corrected chi connectivity index (χ2v) is 8.06. The molecule has 1 saturated heterocycles. The van der Waals surface area contributed by atoms with E-state index in [1.807, 2.05) is 44.3 Å². The maximum atomic E-state index is 13.0. The van der Waals surface area contributed by atoms with Gasteiger partial charge in [-0.1, -0.05) is 0 Å². The molecule has 2 aliphatic rings. The number of hydrogen-bond donors (Lipinski definition) is 1. The molecule has 0 radical (unpaired) electrons. The SMILES string of the molecule is Cc1nc2cc(N3CCCC(C(=O)Nc4ccc5c(c4)OCCO5)C3)cnc2nc1C. The first-order chi connectivity index (χ1) is 15.1. The molecule has 1 N–H and O–H groups in total. The average Bonchev–Trinajstić information content (AvgIpc) is 2.79. The first-order valence-corrected chi connectivity index (χ1v) is 10.6. The number of aromatic nitrogens is 3. The molecule has 1 fully saturated rings. The molecule has 31 heavy (non-hydrogen) atoms. The van der Waals surface area contributed by atoms with E-state index < -0.39 is 0 Å². The molecule has 2 aromatic heterocycles. The molecule has 8 nitrogen and oxygen atoms in total. The van der Waals surface area contributed by atoms with Crippen molar-refractivity contribution in [2.24, 2.45) is 5.92 Å². The zero-order chi connectivity index (χ0) is 21.4. The molecule has 0 saturated carbocycles. The predicted octanol–water partition coefficient (Wildman–Crippen LogP) is 3.27. The summed E-state index contributed by atoms with van der Waals surface area (Å²) in [5.74, 6) is 1.29. The molecule has 0 bridgehead atoms. The van der Waals surface area contributed by atoms with Crippen LogP contribution in [0.1, 0.15) is 24.2 Å². The largest absolute Gasteiger partial charge is 0.486 e. The highest BCUT2D eigenvalue weighted by Gasteiger charge is 2.27. The number of ether oxygens (including phenoxy) is 2. The molecule has 4 heterocycles. The number of benzene rings is 1. The summed E-state index contributed by atoms with van der Waals surface area (Å²) in [6.45, 7) is 6.48. The van der Waals surface area contributed by atoms with Gasteiger partial charge in [0.1, 0.15) is 18.7 Å². The van der Waals surface area contributed by atoms with Gasteiger partial charge in [-0.3, -0.25) is 4.79 Å². The van der Waals surface area contributed by atoms with Crippen molar-refractivity contribution in [2.75, 3.05) is 36.5 Å². The van der Waals surface area contributed by atoms with E-state index in [-0.39, 0.29) is 11.8 Å². The Morgan fingerprint density at radius 3 is 2.77 bits per heavy atom. The van der Waals surface area contributed by atoms with Gasteiger partial charge in [-0.25, -0.2) is 15.0 Å². The van der Waals surface area contributed by atoms with Crippen molar-refractivity contribution in [2.45, 2.75) is 26.7 Å². The Balaban J connectivity index is 1.30. The standard InChI is InChI=1S/C23H25N5O3/c1-14-15(2)26-22-19(25-14)11-18(12-24-22)28-7-3-4-16(13-28)23(29)27-17-5-6-20-21(10-17)31-9-8-30-20/h5-6,10-12,16H,3-4,7-9,13H2,1-2H3,(H,27,29). The number of anilines is 2. The number of amides is 1. The number of nitrogens with one attached hydrogen (secondary N) is 1. The van der Waals surface area contributed by atoms with E-state index in [1.54, 1.807) is 0 Å². The quantitative estimate of drug-likeness (QED) is 0.697. The van der Waals surface area contributed by atoms with Crippen molar-refractivity contribution in [1.29, 1.82) is 0 Å². The van der Waals surface area contributed by atoms with Gasteiger partial charge in [0.25, 0.3) is 0 Å². The van der Waals surface area contributed by atoms with Gasteiger partial charge >= 0.3 is 0 Å². The maximum Gasteiger partial charge on any atom is 0.229 e.